The van der Waals surface area contributed by atoms with Crippen LogP contribution in [0.1, 0.15) is 35.3 Å². The average Bonchev–Trinajstić information content (AvgIpc) is 3.27. The molecular formula is C19H24N6. The van der Waals surface area contributed by atoms with Gasteiger partial charge in [0.2, 0.25) is 0 Å². The first-order chi connectivity index (χ1) is 12.3. The molecule has 1 aliphatic rings. The van der Waals surface area contributed by atoms with Crippen LogP contribution >= 0.6 is 0 Å². The van der Waals surface area contributed by atoms with E-state index in [1.54, 1.807) is 6.33 Å². The van der Waals surface area contributed by atoms with Crippen molar-refractivity contribution >= 4 is 0 Å². The van der Waals surface area contributed by atoms with Crippen molar-refractivity contribution in [3.05, 3.63) is 65.0 Å². The summed E-state index contributed by atoms with van der Waals surface area (Å²) < 4.78 is 1.97. The van der Waals surface area contributed by atoms with E-state index in [2.05, 4.69) is 62.4 Å². The zero-order valence-electron chi connectivity index (χ0n) is 14.6. The number of H-pyrrole nitrogens is 1. The largest absolute Gasteiger partial charge is 0.291 e. The van der Waals surface area contributed by atoms with Gasteiger partial charge >= 0.3 is 0 Å². The highest BCUT2D eigenvalue weighted by Gasteiger charge is 2.23. The molecule has 25 heavy (non-hydrogen) atoms. The van der Waals surface area contributed by atoms with Crippen LogP contribution in [0.25, 0.3) is 0 Å². The number of hydrogen-bond acceptors (Lipinski definition) is 4. The molecule has 0 saturated carbocycles. The fourth-order valence-corrected chi connectivity index (χ4v) is 3.53. The lowest BCUT2D eigenvalue weighted by Crippen LogP contribution is -2.31. The van der Waals surface area contributed by atoms with Crippen LogP contribution in [0, 0.1) is 0 Å². The van der Waals surface area contributed by atoms with Crippen LogP contribution < -0.4 is 0 Å². The monoisotopic (exact) mass is 336 g/mol. The van der Waals surface area contributed by atoms with Gasteiger partial charge in [0.05, 0.1) is 12.2 Å². The predicted octanol–water partition coefficient (Wildman–Crippen LogP) is 2.36. The first-order valence-electron chi connectivity index (χ1n) is 9.01. The molecule has 1 N–H and O–H groups in total. The molecular weight excluding hydrogens is 312 g/mol. The van der Waals surface area contributed by atoms with Crippen molar-refractivity contribution in [2.24, 2.45) is 0 Å². The molecule has 0 saturated heterocycles. The van der Waals surface area contributed by atoms with E-state index < -0.39 is 0 Å². The second kappa shape index (κ2) is 7.19. The number of nitrogens with one attached hydrogen (secondary N) is 1. The van der Waals surface area contributed by atoms with E-state index in [0.29, 0.717) is 0 Å². The Morgan fingerprint density at radius 1 is 1.16 bits per heavy atom. The third-order valence-corrected chi connectivity index (χ3v) is 4.95. The quantitative estimate of drug-likeness (QED) is 0.751. The Labute approximate surface area is 147 Å². The Morgan fingerprint density at radius 3 is 2.88 bits per heavy atom. The van der Waals surface area contributed by atoms with Gasteiger partial charge in [0.25, 0.3) is 0 Å². The van der Waals surface area contributed by atoms with E-state index in [-0.39, 0.29) is 0 Å². The normalized spacial score (nSPS) is 14.6. The Balaban J connectivity index is 1.44. The summed E-state index contributed by atoms with van der Waals surface area (Å²) in [6.07, 6.45) is 4.68. The molecule has 0 bridgehead atoms. The van der Waals surface area contributed by atoms with Crippen molar-refractivity contribution < 1.29 is 0 Å². The Morgan fingerprint density at radius 2 is 2.04 bits per heavy atom. The van der Waals surface area contributed by atoms with Gasteiger partial charge in [-0.25, -0.2) is 9.67 Å². The van der Waals surface area contributed by atoms with Gasteiger partial charge in [-0.3, -0.25) is 10.00 Å². The second-order valence-corrected chi connectivity index (χ2v) is 6.57. The molecule has 0 fully saturated rings. The van der Waals surface area contributed by atoms with Gasteiger partial charge in [-0.2, -0.15) is 10.2 Å². The van der Waals surface area contributed by atoms with Crippen LogP contribution in [0.4, 0.5) is 0 Å². The number of rotatable bonds is 6. The van der Waals surface area contributed by atoms with Crippen molar-refractivity contribution in [1.29, 1.82) is 0 Å². The summed E-state index contributed by atoms with van der Waals surface area (Å²) in [6.45, 7) is 5.78. The maximum absolute atomic E-state index is 4.59. The lowest BCUT2D eigenvalue weighted by molar-refractivity contribution is 0.233. The lowest BCUT2D eigenvalue weighted by Gasteiger charge is -2.26. The Kier molecular flexibility index (Phi) is 4.61. The standard InChI is InChI=1S/C19H24N6/c1-2-25-19(20-14-21-25)13-24-11-10-18-16(12-24)17(22-23-18)9-8-15-6-4-3-5-7-15/h3-7,14H,2,8-13H2,1H3,(H,22,23). The van der Waals surface area contributed by atoms with Gasteiger partial charge in [-0.15, -0.1) is 0 Å². The smallest absolute Gasteiger partial charge is 0.141 e. The van der Waals surface area contributed by atoms with Crippen LogP contribution in [0.2, 0.25) is 0 Å². The zero-order chi connectivity index (χ0) is 17.1. The summed E-state index contributed by atoms with van der Waals surface area (Å²) in [5.41, 5.74) is 5.25. The number of fused-ring (bicyclic) bond motifs is 1. The van der Waals surface area contributed by atoms with Crippen LogP contribution in [-0.4, -0.2) is 36.4 Å². The van der Waals surface area contributed by atoms with Crippen molar-refractivity contribution in [3.8, 4) is 0 Å². The van der Waals surface area contributed by atoms with Crippen molar-refractivity contribution in [1.82, 2.24) is 29.9 Å². The van der Waals surface area contributed by atoms with Crippen LogP contribution in [0.15, 0.2) is 36.7 Å². The van der Waals surface area contributed by atoms with Crippen molar-refractivity contribution in [3.63, 3.8) is 0 Å². The highest BCUT2D eigenvalue weighted by molar-refractivity contribution is 5.29. The summed E-state index contributed by atoms with van der Waals surface area (Å²) in [6, 6.07) is 10.6. The highest BCUT2D eigenvalue weighted by atomic mass is 15.3. The average molecular weight is 336 g/mol. The lowest BCUT2D eigenvalue weighted by atomic mass is 10.0. The molecule has 130 valence electrons. The van der Waals surface area contributed by atoms with Gasteiger partial charge in [-0.1, -0.05) is 30.3 Å². The third-order valence-electron chi connectivity index (χ3n) is 4.95. The molecule has 0 atom stereocenters. The molecule has 3 aromatic rings. The minimum atomic E-state index is 0.844. The number of benzene rings is 1. The number of aromatic nitrogens is 5. The van der Waals surface area contributed by atoms with Gasteiger partial charge in [0.15, 0.2) is 0 Å². The summed E-state index contributed by atoms with van der Waals surface area (Å²) >= 11 is 0. The summed E-state index contributed by atoms with van der Waals surface area (Å²) in [5, 5.41) is 12.1. The molecule has 6 heteroatoms. The highest BCUT2D eigenvalue weighted by Crippen LogP contribution is 2.22. The molecule has 6 nitrogen and oxygen atoms in total. The number of hydrogen-bond donors (Lipinski definition) is 1. The van der Waals surface area contributed by atoms with E-state index in [1.165, 1.54) is 22.5 Å². The predicted molar refractivity (Wildman–Crippen MR) is 96.0 cm³/mol. The van der Waals surface area contributed by atoms with E-state index in [0.717, 1.165) is 51.3 Å². The molecule has 0 radical (unpaired) electrons. The van der Waals surface area contributed by atoms with Crippen molar-refractivity contribution in [2.75, 3.05) is 6.54 Å². The van der Waals surface area contributed by atoms with E-state index >= 15 is 0 Å². The molecule has 1 aromatic carbocycles. The maximum atomic E-state index is 4.59. The van der Waals surface area contributed by atoms with E-state index in [9.17, 15) is 0 Å². The molecule has 1 aliphatic heterocycles. The summed E-state index contributed by atoms with van der Waals surface area (Å²) in [4.78, 5) is 6.85. The topological polar surface area (TPSA) is 62.6 Å². The number of nitrogens with zero attached hydrogens (tertiary/aromatic N) is 5. The Bertz CT molecular complexity index is 820. The second-order valence-electron chi connectivity index (χ2n) is 6.57. The van der Waals surface area contributed by atoms with Gasteiger partial charge in [0.1, 0.15) is 12.2 Å². The van der Waals surface area contributed by atoms with Gasteiger partial charge in [0, 0.05) is 37.3 Å². The van der Waals surface area contributed by atoms with Gasteiger partial charge in [-0.05, 0) is 25.3 Å². The SMILES string of the molecule is CCn1ncnc1CN1CCc2[nH]nc(CCc3ccccc3)c2C1. The molecule has 4 rings (SSSR count). The maximum Gasteiger partial charge on any atom is 0.141 e. The van der Waals surface area contributed by atoms with Crippen LogP contribution in [-0.2, 0) is 38.9 Å². The fraction of sp³-hybridized carbons (Fsp3) is 0.421. The fourth-order valence-electron chi connectivity index (χ4n) is 3.53. The minimum Gasteiger partial charge on any atom is -0.291 e. The van der Waals surface area contributed by atoms with Gasteiger partial charge < -0.3 is 0 Å². The zero-order valence-corrected chi connectivity index (χ0v) is 14.6. The van der Waals surface area contributed by atoms with E-state index in [1.807, 2.05) is 4.68 Å². The van der Waals surface area contributed by atoms with E-state index in [4.69, 9.17) is 0 Å². The first kappa shape index (κ1) is 16.0. The molecule has 0 amide bonds. The Hall–Kier alpha value is -2.47. The van der Waals surface area contributed by atoms with Crippen LogP contribution in [0.3, 0.4) is 0 Å². The third kappa shape index (κ3) is 3.49. The number of aromatic amines is 1. The van der Waals surface area contributed by atoms with Crippen molar-refractivity contribution in [2.45, 2.75) is 45.8 Å². The number of aryl methyl sites for hydroxylation is 3. The molecule has 2 aromatic heterocycles. The van der Waals surface area contributed by atoms with Crippen LogP contribution in [0.5, 0.6) is 0 Å². The molecule has 3 heterocycles. The first-order valence-corrected chi connectivity index (χ1v) is 9.01. The summed E-state index contributed by atoms with van der Waals surface area (Å²) in [5.74, 6) is 1.04. The molecule has 0 aliphatic carbocycles. The minimum absolute atomic E-state index is 0.844. The molecule has 0 unspecified atom stereocenters. The summed E-state index contributed by atoms with van der Waals surface area (Å²) in [7, 11) is 0. The molecule has 0 spiro atoms.